The summed E-state index contributed by atoms with van der Waals surface area (Å²) in [7, 11) is -3.56. The summed E-state index contributed by atoms with van der Waals surface area (Å²) >= 11 is 0. The zero-order chi connectivity index (χ0) is 21.3. The van der Waals surface area contributed by atoms with Gasteiger partial charge in [0.2, 0.25) is 0 Å². The Balaban J connectivity index is 1.55. The molecule has 1 aromatic carbocycles. The van der Waals surface area contributed by atoms with Crippen LogP contribution < -0.4 is 15.5 Å². The van der Waals surface area contributed by atoms with Crippen molar-refractivity contribution in [2.45, 2.75) is 55.8 Å². The first kappa shape index (κ1) is 21.0. The van der Waals surface area contributed by atoms with Crippen molar-refractivity contribution in [3.05, 3.63) is 41.5 Å². The average Bonchev–Trinajstić information content (AvgIpc) is 2.73. The standard InChI is InChI=1S/C21H28FN5O2S/c1-14(2)24-20-21(26-19-13-23-9-6-18(19)25-20)27-10-7-16(8-11-27)30(28,29)17-5-3-4-15(22)12-17/h3-5,12,14,16,23H,6-11,13H2,1-2H3,(H,24,25). The number of hydrogen-bond donors (Lipinski definition) is 2. The number of aromatic nitrogens is 2. The average molecular weight is 434 g/mol. The summed E-state index contributed by atoms with van der Waals surface area (Å²) in [5.74, 6) is 1.01. The highest BCUT2D eigenvalue weighted by atomic mass is 32.2. The minimum atomic E-state index is -3.56. The summed E-state index contributed by atoms with van der Waals surface area (Å²) in [5, 5.41) is 6.20. The van der Waals surface area contributed by atoms with E-state index in [0.717, 1.165) is 42.1 Å². The van der Waals surface area contributed by atoms with E-state index in [2.05, 4.69) is 29.4 Å². The van der Waals surface area contributed by atoms with Gasteiger partial charge in [-0.1, -0.05) is 6.07 Å². The fraction of sp³-hybridized carbons (Fsp3) is 0.524. The number of piperidine rings is 1. The molecule has 1 fully saturated rings. The van der Waals surface area contributed by atoms with Crippen LogP contribution in [0.3, 0.4) is 0 Å². The van der Waals surface area contributed by atoms with Crippen LogP contribution in [0.1, 0.15) is 38.1 Å². The zero-order valence-electron chi connectivity index (χ0n) is 17.4. The minimum absolute atomic E-state index is 0.0581. The normalized spacial score (nSPS) is 17.8. The number of nitrogens with zero attached hydrogens (tertiary/aromatic N) is 3. The summed E-state index contributed by atoms with van der Waals surface area (Å²) in [6, 6.07) is 5.49. The molecule has 2 N–H and O–H groups in total. The van der Waals surface area contributed by atoms with Crippen LogP contribution in [0.5, 0.6) is 0 Å². The maximum atomic E-state index is 13.5. The molecule has 0 unspecified atom stereocenters. The van der Waals surface area contributed by atoms with Gasteiger partial charge in [0.15, 0.2) is 21.5 Å². The highest BCUT2D eigenvalue weighted by molar-refractivity contribution is 7.92. The van der Waals surface area contributed by atoms with Gasteiger partial charge >= 0.3 is 0 Å². The van der Waals surface area contributed by atoms with Crippen molar-refractivity contribution in [3.63, 3.8) is 0 Å². The van der Waals surface area contributed by atoms with Crippen molar-refractivity contribution in [1.82, 2.24) is 15.3 Å². The zero-order valence-corrected chi connectivity index (χ0v) is 18.2. The largest absolute Gasteiger partial charge is 0.365 e. The molecule has 3 heterocycles. The van der Waals surface area contributed by atoms with Gasteiger partial charge in [0.05, 0.1) is 21.5 Å². The predicted molar refractivity (Wildman–Crippen MR) is 115 cm³/mol. The lowest BCUT2D eigenvalue weighted by molar-refractivity contribution is 0.525. The number of benzene rings is 1. The molecule has 0 aliphatic carbocycles. The van der Waals surface area contributed by atoms with E-state index in [9.17, 15) is 12.8 Å². The van der Waals surface area contributed by atoms with Crippen molar-refractivity contribution in [2.24, 2.45) is 0 Å². The quantitative estimate of drug-likeness (QED) is 0.749. The van der Waals surface area contributed by atoms with Crippen LogP contribution in [0, 0.1) is 5.82 Å². The van der Waals surface area contributed by atoms with E-state index >= 15 is 0 Å². The lowest BCUT2D eigenvalue weighted by atomic mass is 10.1. The molecule has 0 radical (unpaired) electrons. The summed E-state index contributed by atoms with van der Waals surface area (Å²) in [6.07, 6.45) is 1.79. The molecule has 9 heteroatoms. The highest BCUT2D eigenvalue weighted by Gasteiger charge is 2.33. The van der Waals surface area contributed by atoms with Gasteiger partial charge in [-0.3, -0.25) is 0 Å². The van der Waals surface area contributed by atoms with Crippen molar-refractivity contribution in [3.8, 4) is 0 Å². The van der Waals surface area contributed by atoms with Gasteiger partial charge in [0.25, 0.3) is 0 Å². The van der Waals surface area contributed by atoms with Crippen LogP contribution in [-0.4, -0.2) is 49.3 Å². The third-order valence-corrected chi connectivity index (χ3v) is 7.85. The first-order valence-electron chi connectivity index (χ1n) is 10.5. The van der Waals surface area contributed by atoms with E-state index < -0.39 is 20.9 Å². The second-order valence-corrected chi connectivity index (χ2v) is 10.4. The van der Waals surface area contributed by atoms with Gasteiger partial charge in [-0.2, -0.15) is 0 Å². The molecule has 2 aromatic rings. The van der Waals surface area contributed by atoms with Gasteiger partial charge in [0, 0.05) is 38.6 Å². The minimum Gasteiger partial charge on any atom is -0.365 e. The Kier molecular flexibility index (Phi) is 5.92. The molecule has 7 nitrogen and oxygen atoms in total. The molecule has 0 bridgehead atoms. The number of rotatable bonds is 5. The molecule has 2 aliphatic heterocycles. The fourth-order valence-electron chi connectivity index (χ4n) is 4.06. The lowest BCUT2D eigenvalue weighted by Crippen LogP contribution is -2.41. The Morgan fingerprint density at radius 1 is 1.20 bits per heavy atom. The van der Waals surface area contributed by atoms with Crippen LogP contribution in [0.15, 0.2) is 29.2 Å². The molecular weight excluding hydrogens is 405 g/mol. The second-order valence-electron chi connectivity index (χ2n) is 8.20. The Hall–Kier alpha value is -2.26. The Morgan fingerprint density at radius 3 is 2.67 bits per heavy atom. The van der Waals surface area contributed by atoms with Crippen molar-refractivity contribution in [1.29, 1.82) is 0 Å². The van der Waals surface area contributed by atoms with Crippen LogP contribution >= 0.6 is 0 Å². The second kappa shape index (κ2) is 8.47. The van der Waals surface area contributed by atoms with Gasteiger partial charge in [-0.15, -0.1) is 0 Å². The molecule has 1 aromatic heterocycles. The molecule has 4 rings (SSSR count). The van der Waals surface area contributed by atoms with E-state index in [0.29, 0.717) is 32.5 Å². The summed E-state index contributed by atoms with van der Waals surface area (Å²) < 4.78 is 39.4. The lowest BCUT2D eigenvalue weighted by Gasteiger charge is -2.34. The molecule has 1 saturated heterocycles. The van der Waals surface area contributed by atoms with Gasteiger partial charge in [-0.25, -0.2) is 22.8 Å². The Labute approximate surface area is 177 Å². The summed E-state index contributed by atoms with van der Waals surface area (Å²) in [5.41, 5.74) is 1.98. The predicted octanol–water partition coefficient (Wildman–Crippen LogP) is 2.52. The Bertz CT molecular complexity index is 1020. The molecule has 2 aliphatic rings. The number of halogens is 1. The molecule has 30 heavy (non-hydrogen) atoms. The third-order valence-electron chi connectivity index (χ3n) is 5.59. The van der Waals surface area contributed by atoms with Crippen LogP contribution in [0.25, 0.3) is 0 Å². The van der Waals surface area contributed by atoms with Crippen molar-refractivity contribution < 1.29 is 12.8 Å². The molecule has 0 atom stereocenters. The number of anilines is 2. The summed E-state index contributed by atoms with van der Waals surface area (Å²) in [6.45, 7) is 6.83. The van der Waals surface area contributed by atoms with E-state index in [4.69, 9.17) is 9.97 Å². The van der Waals surface area contributed by atoms with Crippen molar-refractivity contribution >= 4 is 21.5 Å². The number of sulfone groups is 1. The monoisotopic (exact) mass is 433 g/mol. The molecule has 0 amide bonds. The van der Waals surface area contributed by atoms with Gasteiger partial charge in [0.1, 0.15) is 5.82 Å². The van der Waals surface area contributed by atoms with Crippen LogP contribution in [0.4, 0.5) is 16.0 Å². The van der Waals surface area contributed by atoms with Crippen LogP contribution in [0.2, 0.25) is 0 Å². The molecule has 0 spiro atoms. The first-order chi connectivity index (χ1) is 14.3. The Morgan fingerprint density at radius 2 is 1.97 bits per heavy atom. The molecular formula is C21H28FN5O2S. The summed E-state index contributed by atoms with van der Waals surface area (Å²) in [4.78, 5) is 11.9. The van der Waals surface area contributed by atoms with Crippen LogP contribution in [-0.2, 0) is 22.8 Å². The van der Waals surface area contributed by atoms with Gasteiger partial charge in [-0.05, 0) is 44.9 Å². The number of hydrogen-bond acceptors (Lipinski definition) is 7. The fourth-order valence-corrected chi connectivity index (χ4v) is 5.82. The maximum Gasteiger partial charge on any atom is 0.181 e. The van der Waals surface area contributed by atoms with E-state index in [1.807, 2.05) is 0 Å². The maximum absolute atomic E-state index is 13.5. The number of nitrogens with one attached hydrogen (secondary N) is 2. The van der Waals surface area contributed by atoms with Crippen molar-refractivity contribution in [2.75, 3.05) is 29.9 Å². The van der Waals surface area contributed by atoms with E-state index in [1.54, 1.807) is 0 Å². The number of fused-ring (bicyclic) bond motifs is 1. The van der Waals surface area contributed by atoms with E-state index in [1.165, 1.54) is 18.2 Å². The first-order valence-corrected chi connectivity index (χ1v) is 12.0. The van der Waals surface area contributed by atoms with Gasteiger partial charge < -0.3 is 15.5 Å². The smallest absolute Gasteiger partial charge is 0.181 e. The molecule has 162 valence electrons. The molecule has 0 saturated carbocycles. The SMILES string of the molecule is CC(C)Nc1nc2c(nc1N1CCC(S(=O)(=O)c3cccc(F)c3)CC1)CNCC2. The topological polar surface area (TPSA) is 87.2 Å². The van der Waals surface area contributed by atoms with E-state index in [-0.39, 0.29) is 10.9 Å². The third kappa shape index (κ3) is 4.27. The highest BCUT2D eigenvalue weighted by Crippen LogP contribution is 2.31.